The summed E-state index contributed by atoms with van der Waals surface area (Å²) in [4.78, 5) is 2.56. The van der Waals surface area contributed by atoms with E-state index in [2.05, 4.69) is 18.7 Å². The zero-order valence-corrected chi connectivity index (χ0v) is 9.13. The fourth-order valence-corrected chi connectivity index (χ4v) is 1.78. The van der Waals surface area contributed by atoms with E-state index in [1.54, 1.807) is 0 Å². The average molecular weight is 184 g/mol. The number of nitrogens with zero attached hydrogens (tertiary/aromatic N) is 1. The van der Waals surface area contributed by atoms with Crippen LogP contribution in [0.1, 0.15) is 39.5 Å². The summed E-state index contributed by atoms with van der Waals surface area (Å²) < 4.78 is 0. The molecule has 0 amide bonds. The molecule has 0 saturated carbocycles. The standard InChI is InChI=1S/C11H24N2/c1-3-10(2)4-7-13-8-5-11(12)6-9-13/h10-11H,3-9,12H2,1-2H3. The molecule has 1 fully saturated rings. The number of hydrogen-bond donors (Lipinski definition) is 1. The molecule has 1 saturated heterocycles. The first kappa shape index (κ1) is 11.0. The lowest BCUT2D eigenvalue weighted by molar-refractivity contribution is 0.201. The first-order chi connectivity index (χ1) is 6.22. The molecule has 1 aliphatic rings. The van der Waals surface area contributed by atoms with Crippen LogP contribution in [0, 0.1) is 5.92 Å². The summed E-state index contributed by atoms with van der Waals surface area (Å²) in [6.07, 6.45) is 5.06. The number of likely N-dealkylation sites (tertiary alicyclic amines) is 1. The molecule has 1 aliphatic heterocycles. The van der Waals surface area contributed by atoms with E-state index in [0.29, 0.717) is 6.04 Å². The summed E-state index contributed by atoms with van der Waals surface area (Å²) in [5.41, 5.74) is 5.85. The molecule has 0 aliphatic carbocycles. The molecule has 0 radical (unpaired) electrons. The Morgan fingerprint density at radius 1 is 1.38 bits per heavy atom. The van der Waals surface area contributed by atoms with E-state index in [1.165, 1.54) is 45.3 Å². The van der Waals surface area contributed by atoms with Crippen molar-refractivity contribution in [3.63, 3.8) is 0 Å². The van der Waals surface area contributed by atoms with Gasteiger partial charge >= 0.3 is 0 Å². The summed E-state index contributed by atoms with van der Waals surface area (Å²) in [5.74, 6) is 0.885. The molecule has 1 unspecified atom stereocenters. The second kappa shape index (κ2) is 5.61. The first-order valence-electron chi connectivity index (χ1n) is 5.70. The molecule has 78 valence electrons. The van der Waals surface area contributed by atoms with Crippen molar-refractivity contribution < 1.29 is 0 Å². The molecule has 0 bridgehead atoms. The lowest BCUT2D eigenvalue weighted by atomic mass is 10.0. The van der Waals surface area contributed by atoms with Crippen LogP contribution >= 0.6 is 0 Å². The largest absolute Gasteiger partial charge is 0.328 e. The van der Waals surface area contributed by atoms with Crippen LogP contribution in [0.2, 0.25) is 0 Å². The van der Waals surface area contributed by atoms with Crippen LogP contribution in [0.5, 0.6) is 0 Å². The fraction of sp³-hybridized carbons (Fsp3) is 1.00. The average Bonchev–Trinajstić information content (AvgIpc) is 2.16. The van der Waals surface area contributed by atoms with E-state index in [0.717, 1.165) is 5.92 Å². The van der Waals surface area contributed by atoms with Crippen LogP contribution in [-0.2, 0) is 0 Å². The van der Waals surface area contributed by atoms with Gasteiger partial charge in [0.2, 0.25) is 0 Å². The van der Waals surface area contributed by atoms with Crippen LogP contribution in [0.15, 0.2) is 0 Å². The maximum Gasteiger partial charge on any atom is 0.00631 e. The molecule has 1 atom stereocenters. The third-order valence-electron chi connectivity index (χ3n) is 3.27. The van der Waals surface area contributed by atoms with Gasteiger partial charge in [0, 0.05) is 6.04 Å². The van der Waals surface area contributed by atoms with Crippen molar-refractivity contribution in [1.82, 2.24) is 4.90 Å². The highest BCUT2D eigenvalue weighted by molar-refractivity contribution is 4.74. The molecule has 1 rings (SSSR count). The predicted octanol–water partition coefficient (Wildman–Crippen LogP) is 1.85. The summed E-state index contributed by atoms with van der Waals surface area (Å²) >= 11 is 0. The van der Waals surface area contributed by atoms with E-state index in [9.17, 15) is 0 Å². The van der Waals surface area contributed by atoms with Gasteiger partial charge in [0.1, 0.15) is 0 Å². The molecule has 2 N–H and O–H groups in total. The molecule has 13 heavy (non-hydrogen) atoms. The van der Waals surface area contributed by atoms with Crippen LogP contribution < -0.4 is 5.73 Å². The smallest absolute Gasteiger partial charge is 0.00631 e. The molecule has 0 aromatic heterocycles. The van der Waals surface area contributed by atoms with E-state index < -0.39 is 0 Å². The molecule has 0 spiro atoms. The molecule has 0 aromatic rings. The molecule has 0 aromatic carbocycles. The molecular weight excluding hydrogens is 160 g/mol. The predicted molar refractivity (Wildman–Crippen MR) is 57.7 cm³/mol. The highest BCUT2D eigenvalue weighted by Gasteiger charge is 2.15. The Bertz CT molecular complexity index is 128. The second-order valence-corrected chi connectivity index (χ2v) is 4.48. The number of piperidine rings is 1. The molecule has 1 heterocycles. The van der Waals surface area contributed by atoms with E-state index in [4.69, 9.17) is 5.73 Å². The van der Waals surface area contributed by atoms with Crippen molar-refractivity contribution in [3.05, 3.63) is 0 Å². The Morgan fingerprint density at radius 3 is 2.54 bits per heavy atom. The highest BCUT2D eigenvalue weighted by atomic mass is 15.1. The van der Waals surface area contributed by atoms with Crippen molar-refractivity contribution in [2.24, 2.45) is 11.7 Å². The Hall–Kier alpha value is -0.0800. The topological polar surface area (TPSA) is 29.3 Å². The SMILES string of the molecule is CCC(C)CCN1CCC(N)CC1. The van der Waals surface area contributed by atoms with Gasteiger partial charge in [-0.25, -0.2) is 0 Å². The summed E-state index contributed by atoms with van der Waals surface area (Å²) in [6, 6.07) is 0.472. The van der Waals surface area contributed by atoms with Gasteiger partial charge < -0.3 is 10.6 Å². The quantitative estimate of drug-likeness (QED) is 0.722. The third kappa shape index (κ3) is 4.10. The van der Waals surface area contributed by atoms with Gasteiger partial charge in [-0.1, -0.05) is 20.3 Å². The van der Waals surface area contributed by atoms with Crippen molar-refractivity contribution in [2.75, 3.05) is 19.6 Å². The Morgan fingerprint density at radius 2 is 2.00 bits per heavy atom. The van der Waals surface area contributed by atoms with Gasteiger partial charge in [0.15, 0.2) is 0 Å². The first-order valence-corrected chi connectivity index (χ1v) is 5.70. The van der Waals surface area contributed by atoms with Gasteiger partial charge in [0.05, 0.1) is 0 Å². The van der Waals surface area contributed by atoms with Crippen molar-refractivity contribution >= 4 is 0 Å². The number of hydrogen-bond acceptors (Lipinski definition) is 2. The molecule has 2 heteroatoms. The maximum atomic E-state index is 5.85. The Balaban J connectivity index is 2.08. The molecule has 2 nitrogen and oxygen atoms in total. The van der Waals surface area contributed by atoms with E-state index in [-0.39, 0.29) is 0 Å². The van der Waals surface area contributed by atoms with Crippen LogP contribution in [0.4, 0.5) is 0 Å². The number of nitrogens with two attached hydrogens (primary N) is 1. The lowest BCUT2D eigenvalue weighted by Crippen LogP contribution is -2.40. The number of rotatable bonds is 4. The Kier molecular flexibility index (Phi) is 4.74. The van der Waals surface area contributed by atoms with Crippen molar-refractivity contribution in [3.8, 4) is 0 Å². The van der Waals surface area contributed by atoms with Crippen molar-refractivity contribution in [1.29, 1.82) is 0 Å². The van der Waals surface area contributed by atoms with Gasteiger partial charge in [-0.15, -0.1) is 0 Å². The Labute approximate surface area is 82.5 Å². The second-order valence-electron chi connectivity index (χ2n) is 4.48. The van der Waals surface area contributed by atoms with E-state index >= 15 is 0 Å². The fourth-order valence-electron chi connectivity index (χ4n) is 1.78. The van der Waals surface area contributed by atoms with Crippen LogP contribution in [0.25, 0.3) is 0 Å². The maximum absolute atomic E-state index is 5.85. The molecular formula is C11H24N2. The summed E-state index contributed by atoms with van der Waals surface area (Å²) in [6.45, 7) is 8.34. The van der Waals surface area contributed by atoms with Crippen molar-refractivity contribution in [2.45, 2.75) is 45.6 Å². The highest BCUT2D eigenvalue weighted by Crippen LogP contribution is 2.12. The van der Waals surface area contributed by atoms with E-state index in [1.807, 2.05) is 0 Å². The van der Waals surface area contributed by atoms with Gasteiger partial charge in [0.25, 0.3) is 0 Å². The lowest BCUT2D eigenvalue weighted by Gasteiger charge is -2.30. The van der Waals surface area contributed by atoms with Gasteiger partial charge in [-0.3, -0.25) is 0 Å². The minimum atomic E-state index is 0.472. The zero-order chi connectivity index (χ0) is 9.68. The normalized spacial score (nSPS) is 23.3. The summed E-state index contributed by atoms with van der Waals surface area (Å²) in [7, 11) is 0. The summed E-state index contributed by atoms with van der Waals surface area (Å²) in [5, 5.41) is 0. The van der Waals surface area contributed by atoms with Gasteiger partial charge in [-0.05, 0) is 44.8 Å². The monoisotopic (exact) mass is 184 g/mol. The van der Waals surface area contributed by atoms with Gasteiger partial charge in [-0.2, -0.15) is 0 Å². The zero-order valence-electron chi connectivity index (χ0n) is 9.13. The minimum absolute atomic E-state index is 0.472. The van der Waals surface area contributed by atoms with Crippen LogP contribution in [0.3, 0.4) is 0 Å². The third-order valence-corrected chi connectivity index (χ3v) is 3.27. The van der Waals surface area contributed by atoms with Crippen LogP contribution in [-0.4, -0.2) is 30.6 Å². The minimum Gasteiger partial charge on any atom is -0.328 e.